The maximum atomic E-state index is 13.9. The smallest absolute Gasteiger partial charge is 0.264 e. The highest BCUT2D eigenvalue weighted by atomic mass is 32.2. The highest BCUT2D eigenvalue weighted by molar-refractivity contribution is 7.92. The summed E-state index contributed by atoms with van der Waals surface area (Å²) in [5.74, 6) is 0.0800. The van der Waals surface area contributed by atoms with Crippen molar-refractivity contribution in [3.8, 4) is 5.75 Å². The zero-order valence-corrected chi connectivity index (χ0v) is 25.4. The van der Waals surface area contributed by atoms with Crippen LogP contribution in [0.2, 0.25) is 0 Å². The van der Waals surface area contributed by atoms with Crippen LogP contribution in [0.15, 0.2) is 83.8 Å². The monoisotopic (exact) mass is 579 g/mol. The molecule has 0 heterocycles. The van der Waals surface area contributed by atoms with Gasteiger partial charge in [-0.15, -0.1) is 0 Å². The zero-order valence-electron chi connectivity index (χ0n) is 24.5. The summed E-state index contributed by atoms with van der Waals surface area (Å²) in [6.45, 7) is 10.1. The molecule has 0 aliphatic carbocycles. The van der Waals surface area contributed by atoms with Crippen LogP contribution in [0.3, 0.4) is 0 Å². The van der Waals surface area contributed by atoms with Gasteiger partial charge in [-0.3, -0.25) is 13.9 Å². The zero-order chi connectivity index (χ0) is 30.0. The first-order valence-corrected chi connectivity index (χ1v) is 15.4. The van der Waals surface area contributed by atoms with Crippen molar-refractivity contribution in [1.82, 2.24) is 10.2 Å². The van der Waals surface area contributed by atoms with E-state index in [1.165, 1.54) is 17.0 Å². The Labute approximate surface area is 244 Å². The molecule has 3 rings (SSSR count). The topological polar surface area (TPSA) is 96.0 Å². The molecule has 2 amide bonds. The standard InChI is InChI=1S/C32H41N3O5S/c1-6-40-29-16-14-28(15-17-29)35(41(38,39)30-18-12-25(4)13-19-30)23-31(36)34(21-20-27-10-8-7-9-11-27)26(5)32(37)33-22-24(2)3/h7-19,24,26H,6,20-23H2,1-5H3,(H,33,37)/t26-/m0/s1. The minimum absolute atomic E-state index is 0.0725. The van der Waals surface area contributed by atoms with Crippen molar-refractivity contribution >= 4 is 27.5 Å². The van der Waals surface area contributed by atoms with Crippen LogP contribution in [0.4, 0.5) is 5.69 Å². The first-order valence-electron chi connectivity index (χ1n) is 14.0. The van der Waals surface area contributed by atoms with Gasteiger partial charge in [0.2, 0.25) is 11.8 Å². The fraction of sp³-hybridized carbons (Fsp3) is 0.375. The van der Waals surface area contributed by atoms with Gasteiger partial charge < -0.3 is 15.0 Å². The third-order valence-corrected chi connectivity index (χ3v) is 8.45. The van der Waals surface area contributed by atoms with Gasteiger partial charge in [0.1, 0.15) is 18.3 Å². The molecular weight excluding hydrogens is 538 g/mol. The Morgan fingerprint density at radius 3 is 2.12 bits per heavy atom. The third-order valence-electron chi connectivity index (χ3n) is 6.66. The minimum Gasteiger partial charge on any atom is -0.494 e. The molecule has 220 valence electrons. The van der Waals surface area contributed by atoms with E-state index < -0.39 is 28.5 Å². The Kier molecular flexibility index (Phi) is 11.3. The van der Waals surface area contributed by atoms with Crippen molar-refractivity contribution < 1.29 is 22.7 Å². The molecule has 0 bridgehead atoms. The molecule has 0 fully saturated rings. The molecule has 0 aromatic heterocycles. The minimum atomic E-state index is -4.11. The van der Waals surface area contributed by atoms with E-state index in [0.717, 1.165) is 15.4 Å². The van der Waals surface area contributed by atoms with E-state index in [0.29, 0.717) is 31.0 Å². The second kappa shape index (κ2) is 14.7. The molecule has 3 aromatic carbocycles. The van der Waals surface area contributed by atoms with Crippen molar-refractivity contribution in [1.29, 1.82) is 0 Å². The Morgan fingerprint density at radius 2 is 1.54 bits per heavy atom. The van der Waals surface area contributed by atoms with Gasteiger partial charge >= 0.3 is 0 Å². The Hall–Kier alpha value is -3.85. The molecule has 3 aromatic rings. The summed E-state index contributed by atoms with van der Waals surface area (Å²) in [6, 6.07) is 22.0. The molecule has 0 aliphatic rings. The van der Waals surface area contributed by atoms with E-state index in [4.69, 9.17) is 4.74 Å². The van der Waals surface area contributed by atoms with E-state index in [2.05, 4.69) is 5.32 Å². The van der Waals surface area contributed by atoms with Crippen molar-refractivity contribution in [3.05, 3.63) is 90.0 Å². The van der Waals surface area contributed by atoms with Crippen LogP contribution >= 0.6 is 0 Å². The Balaban J connectivity index is 1.97. The average molecular weight is 580 g/mol. The van der Waals surface area contributed by atoms with Crippen molar-refractivity contribution in [2.75, 3.05) is 30.5 Å². The molecule has 8 nitrogen and oxygen atoms in total. The summed E-state index contributed by atoms with van der Waals surface area (Å²) in [5.41, 5.74) is 2.25. The number of hydrogen-bond donors (Lipinski definition) is 1. The van der Waals surface area contributed by atoms with E-state index >= 15 is 0 Å². The number of carbonyl (C=O) groups is 2. The molecule has 0 radical (unpaired) electrons. The van der Waals surface area contributed by atoms with Crippen molar-refractivity contribution in [3.63, 3.8) is 0 Å². The summed E-state index contributed by atoms with van der Waals surface area (Å²) in [6.07, 6.45) is 0.516. The van der Waals surface area contributed by atoms with E-state index in [9.17, 15) is 18.0 Å². The number of nitrogens with one attached hydrogen (secondary N) is 1. The number of aryl methyl sites for hydroxylation is 1. The lowest BCUT2D eigenvalue weighted by atomic mass is 10.1. The van der Waals surface area contributed by atoms with Crippen LogP contribution in [0, 0.1) is 12.8 Å². The normalized spacial score (nSPS) is 12.0. The number of hydrogen-bond acceptors (Lipinski definition) is 5. The highest BCUT2D eigenvalue weighted by Crippen LogP contribution is 2.26. The van der Waals surface area contributed by atoms with Gasteiger partial charge in [0.15, 0.2) is 0 Å². The first-order chi connectivity index (χ1) is 19.5. The predicted molar refractivity (Wildman–Crippen MR) is 162 cm³/mol. The largest absolute Gasteiger partial charge is 0.494 e. The van der Waals surface area contributed by atoms with Crippen molar-refractivity contribution in [2.45, 2.75) is 52.0 Å². The fourth-order valence-electron chi connectivity index (χ4n) is 4.26. The van der Waals surface area contributed by atoms with Gasteiger partial charge in [-0.25, -0.2) is 8.42 Å². The van der Waals surface area contributed by atoms with Gasteiger partial charge in [-0.2, -0.15) is 0 Å². The summed E-state index contributed by atoms with van der Waals surface area (Å²) in [7, 11) is -4.11. The second-order valence-electron chi connectivity index (χ2n) is 10.4. The second-order valence-corrected chi connectivity index (χ2v) is 12.3. The van der Waals surface area contributed by atoms with Gasteiger partial charge in [-0.05, 0) is 75.1 Å². The Bertz CT molecular complexity index is 1380. The summed E-state index contributed by atoms with van der Waals surface area (Å²) in [4.78, 5) is 28.5. The summed E-state index contributed by atoms with van der Waals surface area (Å²) >= 11 is 0. The van der Waals surface area contributed by atoms with Gasteiger partial charge in [0.05, 0.1) is 17.2 Å². The lowest BCUT2D eigenvalue weighted by Crippen LogP contribution is -2.52. The fourth-order valence-corrected chi connectivity index (χ4v) is 5.68. The molecule has 0 unspecified atom stereocenters. The molecule has 1 atom stereocenters. The number of carbonyl (C=O) groups excluding carboxylic acids is 2. The van der Waals surface area contributed by atoms with Crippen LogP contribution in [0.5, 0.6) is 5.75 Å². The van der Waals surface area contributed by atoms with Crippen LogP contribution in [-0.2, 0) is 26.0 Å². The molecule has 0 spiro atoms. The third kappa shape index (κ3) is 8.82. The maximum Gasteiger partial charge on any atom is 0.264 e. The molecule has 0 aliphatic heterocycles. The van der Waals surface area contributed by atoms with E-state index in [-0.39, 0.29) is 23.3 Å². The van der Waals surface area contributed by atoms with Gasteiger partial charge in [0, 0.05) is 13.1 Å². The number of nitrogens with zero attached hydrogens (tertiary/aromatic N) is 2. The number of sulfonamides is 1. The summed E-state index contributed by atoms with van der Waals surface area (Å²) < 4.78 is 34.5. The van der Waals surface area contributed by atoms with Crippen molar-refractivity contribution in [2.24, 2.45) is 5.92 Å². The van der Waals surface area contributed by atoms with E-state index in [1.54, 1.807) is 43.3 Å². The molecule has 0 saturated carbocycles. The molecule has 1 N–H and O–H groups in total. The number of rotatable bonds is 14. The first kappa shape index (κ1) is 31.7. The van der Waals surface area contributed by atoms with Gasteiger partial charge in [-0.1, -0.05) is 61.9 Å². The molecule has 0 saturated heterocycles. The molecule has 9 heteroatoms. The highest BCUT2D eigenvalue weighted by Gasteiger charge is 2.32. The number of amides is 2. The average Bonchev–Trinajstić information content (AvgIpc) is 2.96. The maximum absolute atomic E-state index is 13.9. The lowest BCUT2D eigenvalue weighted by Gasteiger charge is -2.32. The predicted octanol–water partition coefficient (Wildman–Crippen LogP) is 4.82. The van der Waals surface area contributed by atoms with Crippen LogP contribution in [-0.4, -0.2) is 57.4 Å². The number of benzene rings is 3. The SMILES string of the molecule is CCOc1ccc(N(CC(=O)N(CCc2ccccc2)[C@@H](C)C(=O)NCC(C)C)S(=O)(=O)c2ccc(C)cc2)cc1. The van der Waals surface area contributed by atoms with Gasteiger partial charge in [0.25, 0.3) is 10.0 Å². The van der Waals surface area contributed by atoms with Crippen LogP contribution < -0.4 is 14.4 Å². The van der Waals surface area contributed by atoms with Crippen LogP contribution in [0.25, 0.3) is 0 Å². The summed E-state index contributed by atoms with van der Waals surface area (Å²) in [5, 5.41) is 2.90. The van der Waals surface area contributed by atoms with Crippen LogP contribution in [0.1, 0.15) is 38.8 Å². The molecule has 41 heavy (non-hydrogen) atoms. The lowest BCUT2D eigenvalue weighted by molar-refractivity contribution is -0.138. The molecular formula is C32H41N3O5S. The number of anilines is 1. The Morgan fingerprint density at radius 1 is 0.902 bits per heavy atom. The number of ether oxygens (including phenoxy) is 1. The quantitative estimate of drug-likeness (QED) is 0.295. The van der Waals surface area contributed by atoms with E-state index in [1.807, 2.05) is 58.0 Å².